The van der Waals surface area contributed by atoms with E-state index in [4.69, 9.17) is 5.26 Å². The number of nitriles is 1. The molecule has 5 heteroatoms. The first kappa shape index (κ1) is 10.3. The molecule has 0 aromatic carbocycles. The van der Waals surface area contributed by atoms with Crippen LogP contribution in [0.2, 0.25) is 0 Å². The molecule has 0 spiro atoms. The summed E-state index contributed by atoms with van der Waals surface area (Å²) in [4.78, 5) is 18.0. The monoisotopic (exact) mass is 192 g/mol. The number of carbonyl (C=O) groups excluding carboxylic acids is 1. The van der Waals surface area contributed by atoms with Crippen LogP contribution in [0.1, 0.15) is 19.8 Å². The number of anilines is 1. The van der Waals surface area contributed by atoms with Gasteiger partial charge in [-0.05, 0) is 6.42 Å². The van der Waals surface area contributed by atoms with Gasteiger partial charge in [0.1, 0.15) is 5.92 Å². The van der Waals surface area contributed by atoms with Crippen molar-refractivity contribution in [1.29, 1.82) is 5.26 Å². The Morgan fingerprint density at radius 1 is 1.86 bits per heavy atom. The Bertz CT molecular complexity index is 325. The third-order valence-corrected chi connectivity index (χ3v) is 1.79. The van der Waals surface area contributed by atoms with E-state index in [2.05, 4.69) is 15.3 Å². The van der Waals surface area contributed by atoms with Gasteiger partial charge in [0.05, 0.1) is 6.07 Å². The zero-order valence-corrected chi connectivity index (χ0v) is 7.95. The van der Waals surface area contributed by atoms with Crippen molar-refractivity contribution in [2.75, 3.05) is 5.32 Å². The molecule has 0 fully saturated rings. The van der Waals surface area contributed by atoms with Gasteiger partial charge in [-0.25, -0.2) is 4.98 Å². The van der Waals surface area contributed by atoms with Crippen molar-refractivity contribution >= 4 is 11.9 Å². The molecule has 1 unspecified atom stereocenters. The van der Waals surface area contributed by atoms with Gasteiger partial charge in [0.2, 0.25) is 11.9 Å². The third kappa shape index (κ3) is 2.59. The van der Waals surface area contributed by atoms with Gasteiger partial charge in [0.25, 0.3) is 0 Å². The Morgan fingerprint density at radius 3 is 3.14 bits per heavy atom. The molecule has 1 aromatic heterocycles. The number of carbonyl (C=O) groups is 1. The van der Waals surface area contributed by atoms with Gasteiger partial charge in [-0.1, -0.05) is 13.3 Å². The molecule has 0 aliphatic heterocycles. The second-order valence-electron chi connectivity index (χ2n) is 2.90. The Balaban J connectivity index is 2.53. The number of aromatic amines is 1. The topological polar surface area (TPSA) is 81.6 Å². The van der Waals surface area contributed by atoms with E-state index < -0.39 is 5.92 Å². The normalized spacial score (nSPS) is 11.7. The van der Waals surface area contributed by atoms with Gasteiger partial charge in [0, 0.05) is 12.4 Å². The molecule has 0 saturated carbocycles. The maximum absolute atomic E-state index is 11.4. The second kappa shape index (κ2) is 5.02. The lowest BCUT2D eigenvalue weighted by Crippen LogP contribution is -2.22. The predicted molar refractivity (Wildman–Crippen MR) is 51.2 cm³/mol. The number of aromatic nitrogens is 2. The van der Waals surface area contributed by atoms with Gasteiger partial charge >= 0.3 is 0 Å². The predicted octanol–water partition coefficient (Wildman–Crippen LogP) is 1.29. The molecule has 0 radical (unpaired) electrons. The second-order valence-corrected chi connectivity index (χ2v) is 2.90. The smallest absolute Gasteiger partial charge is 0.244 e. The van der Waals surface area contributed by atoms with Crippen LogP contribution in [0.3, 0.4) is 0 Å². The lowest BCUT2D eigenvalue weighted by Gasteiger charge is -2.06. The van der Waals surface area contributed by atoms with Crippen LogP contribution in [-0.2, 0) is 4.79 Å². The number of nitrogens with one attached hydrogen (secondary N) is 2. The molecule has 2 N–H and O–H groups in total. The SMILES string of the molecule is CCCC(C#N)C(=O)Nc1ncc[nH]1. The number of hydrogen-bond donors (Lipinski definition) is 2. The lowest BCUT2D eigenvalue weighted by atomic mass is 10.1. The van der Waals surface area contributed by atoms with E-state index in [1.54, 1.807) is 6.20 Å². The molecule has 0 bridgehead atoms. The average Bonchev–Trinajstić information content (AvgIpc) is 2.66. The number of H-pyrrole nitrogens is 1. The summed E-state index contributed by atoms with van der Waals surface area (Å²) in [5.41, 5.74) is 0. The molecule has 74 valence electrons. The Morgan fingerprint density at radius 2 is 2.64 bits per heavy atom. The van der Waals surface area contributed by atoms with Crippen molar-refractivity contribution in [2.24, 2.45) is 5.92 Å². The fourth-order valence-electron chi connectivity index (χ4n) is 1.08. The van der Waals surface area contributed by atoms with Gasteiger partial charge in [-0.3, -0.25) is 10.1 Å². The van der Waals surface area contributed by atoms with E-state index in [9.17, 15) is 4.79 Å². The lowest BCUT2D eigenvalue weighted by molar-refractivity contribution is -0.118. The van der Waals surface area contributed by atoms with E-state index in [1.807, 2.05) is 13.0 Å². The standard InChI is InChI=1S/C9H12N4O/c1-2-3-7(6-10)8(14)13-9-11-4-5-12-9/h4-5,7H,2-3H2,1H3,(H2,11,12,13,14). The first-order valence-corrected chi connectivity index (χ1v) is 4.47. The molecular formula is C9H12N4O. The fraction of sp³-hybridized carbons (Fsp3) is 0.444. The summed E-state index contributed by atoms with van der Waals surface area (Å²) < 4.78 is 0. The summed E-state index contributed by atoms with van der Waals surface area (Å²) >= 11 is 0. The number of rotatable bonds is 4. The molecule has 14 heavy (non-hydrogen) atoms. The quantitative estimate of drug-likeness (QED) is 0.754. The summed E-state index contributed by atoms with van der Waals surface area (Å²) in [5, 5.41) is 11.2. The molecule has 1 atom stereocenters. The van der Waals surface area contributed by atoms with Crippen molar-refractivity contribution in [3.8, 4) is 6.07 Å². The zero-order chi connectivity index (χ0) is 10.4. The van der Waals surface area contributed by atoms with Crippen LogP contribution in [0.15, 0.2) is 12.4 Å². The van der Waals surface area contributed by atoms with Crippen LogP contribution < -0.4 is 5.32 Å². The highest BCUT2D eigenvalue weighted by molar-refractivity contribution is 5.92. The van der Waals surface area contributed by atoms with Crippen LogP contribution in [-0.4, -0.2) is 15.9 Å². The van der Waals surface area contributed by atoms with Gasteiger partial charge < -0.3 is 4.98 Å². The van der Waals surface area contributed by atoms with Crippen LogP contribution >= 0.6 is 0 Å². The summed E-state index contributed by atoms with van der Waals surface area (Å²) in [7, 11) is 0. The number of imidazole rings is 1. The van der Waals surface area contributed by atoms with Gasteiger partial charge in [0.15, 0.2) is 0 Å². The van der Waals surface area contributed by atoms with E-state index in [-0.39, 0.29) is 5.91 Å². The highest BCUT2D eigenvalue weighted by Crippen LogP contribution is 2.07. The average molecular weight is 192 g/mol. The first-order valence-electron chi connectivity index (χ1n) is 4.47. The minimum absolute atomic E-state index is 0.302. The highest BCUT2D eigenvalue weighted by atomic mass is 16.2. The van der Waals surface area contributed by atoms with E-state index in [0.717, 1.165) is 6.42 Å². The number of hydrogen-bond acceptors (Lipinski definition) is 3. The molecule has 1 amide bonds. The van der Waals surface area contributed by atoms with Crippen LogP contribution in [0.5, 0.6) is 0 Å². The minimum Gasteiger partial charge on any atom is -0.331 e. The summed E-state index contributed by atoms with van der Waals surface area (Å²) in [6.45, 7) is 1.94. The van der Waals surface area contributed by atoms with Crippen LogP contribution in [0, 0.1) is 17.2 Å². The fourth-order valence-corrected chi connectivity index (χ4v) is 1.08. The molecule has 1 rings (SSSR count). The van der Waals surface area contributed by atoms with Crippen molar-refractivity contribution in [3.05, 3.63) is 12.4 Å². The third-order valence-electron chi connectivity index (χ3n) is 1.79. The maximum Gasteiger partial charge on any atom is 0.244 e. The Kier molecular flexibility index (Phi) is 3.68. The molecule has 5 nitrogen and oxygen atoms in total. The number of nitrogens with zero attached hydrogens (tertiary/aromatic N) is 2. The van der Waals surface area contributed by atoms with Crippen molar-refractivity contribution in [2.45, 2.75) is 19.8 Å². The van der Waals surface area contributed by atoms with E-state index >= 15 is 0 Å². The van der Waals surface area contributed by atoms with Crippen molar-refractivity contribution in [1.82, 2.24) is 9.97 Å². The molecule has 0 aliphatic carbocycles. The minimum atomic E-state index is -0.593. The molecule has 0 saturated heterocycles. The van der Waals surface area contributed by atoms with Crippen molar-refractivity contribution in [3.63, 3.8) is 0 Å². The zero-order valence-electron chi connectivity index (χ0n) is 7.95. The van der Waals surface area contributed by atoms with E-state index in [0.29, 0.717) is 12.4 Å². The maximum atomic E-state index is 11.4. The highest BCUT2D eigenvalue weighted by Gasteiger charge is 2.17. The largest absolute Gasteiger partial charge is 0.331 e. The Hall–Kier alpha value is -1.83. The molecule has 1 aromatic rings. The summed E-state index contributed by atoms with van der Waals surface area (Å²) in [6.07, 6.45) is 4.53. The van der Waals surface area contributed by atoms with Crippen molar-refractivity contribution < 1.29 is 4.79 Å². The number of amides is 1. The summed E-state index contributed by atoms with van der Waals surface area (Å²) in [6, 6.07) is 1.96. The Labute approximate surface area is 82.2 Å². The van der Waals surface area contributed by atoms with E-state index in [1.165, 1.54) is 6.20 Å². The van der Waals surface area contributed by atoms with Crippen LogP contribution in [0.25, 0.3) is 0 Å². The molecular weight excluding hydrogens is 180 g/mol. The van der Waals surface area contributed by atoms with Gasteiger partial charge in [-0.2, -0.15) is 5.26 Å². The summed E-state index contributed by atoms with van der Waals surface area (Å²) in [5.74, 6) is -0.513. The van der Waals surface area contributed by atoms with Gasteiger partial charge in [-0.15, -0.1) is 0 Å². The van der Waals surface area contributed by atoms with Crippen LogP contribution in [0.4, 0.5) is 5.95 Å². The first-order chi connectivity index (χ1) is 6.77. The molecule has 0 aliphatic rings. The molecule has 1 heterocycles.